The molecule has 0 aliphatic carbocycles. The van der Waals surface area contributed by atoms with E-state index in [1.165, 1.54) is 25.0 Å². The molecule has 2 saturated heterocycles. The fourth-order valence-electron chi connectivity index (χ4n) is 4.09. The minimum Gasteiger partial charge on any atom is -0.367 e. The van der Waals surface area contributed by atoms with Gasteiger partial charge in [0.2, 0.25) is 0 Å². The van der Waals surface area contributed by atoms with Crippen molar-refractivity contribution < 1.29 is 9.13 Å². The number of morpholine rings is 1. The van der Waals surface area contributed by atoms with Crippen LogP contribution < -0.4 is 10.2 Å². The summed E-state index contributed by atoms with van der Waals surface area (Å²) < 4.78 is 19.4. The number of nitrogens with one attached hydrogen (secondary N) is 1. The molecule has 0 radical (unpaired) electrons. The number of hydrogen-bond donors (Lipinski definition) is 1. The van der Waals surface area contributed by atoms with Crippen LogP contribution in [0.15, 0.2) is 34.6 Å². The molecule has 31 heavy (non-hydrogen) atoms. The number of aliphatic imine (C=N–C) groups is 1. The van der Waals surface area contributed by atoms with Crippen LogP contribution in [0.1, 0.15) is 37.1 Å². The Balaban J connectivity index is 0.00000272. The Kier molecular flexibility index (Phi) is 8.91. The summed E-state index contributed by atoms with van der Waals surface area (Å²) >= 11 is 1.74. The van der Waals surface area contributed by atoms with Crippen molar-refractivity contribution in [1.29, 1.82) is 0 Å². The number of aromatic nitrogens is 1. The standard InChI is InChI=1S/C22H30FN5OS.HI/c1-16-13-28(14-20(29-16)17-5-7-18(23)8-6-17)21(24-2)25-10-9-19-15-30-22(26-19)27-11-3-4-12-27;/h5-8,15-16,20H,3-4,9-14H2,1-2H3,(H,24,25);1H. The Labute approximate surface area is 204 Å². The molecular weight excluding hydrogens is 528 g/mol. The van der Waals surface area contributed by atoms with Crippen molar-refractivity contribution in [3.8, 4) is 0 Å². The van der Waals surface area contributed by atoms with Gasteiger partial charge in [0.25, 0.3) is 0 Å². The smallest absolute Gasteiger partial charge is 0.193 e. The monoisotopic (exact) mass is 559 g/mol. The van der Waals surface area contributed by atoms with Gasteiger partial charge in [0.05, 0.1) is 18.3 Å². The molecular formula is C22H31FIN5OS. The maximum Gasteiger partial charge on any atom is 0.193 e. The molecule has 2 aliphatic heterocycles. The SMILES string of the molecule is CN=C(NCCc1csc(N2CCCC2)n1)N1CC(C)OC(c2ccc(F)cc2)C1.I. The molecule has 4 rings (SSSR count). The van der Waals surface area contributed by atoms with Gasteiger partial charge in [0.1, 0.15) is 11.9 Å². The van der Waals surface area contributed by atoms with E-state index in [1.54, 1.807) is 23.5 Å². The largest absolute Gasteiger partial charge is 0.367 e. The third-order valence-corrected chi connectivity index (χ3v) is 6.54. The molecule has 1 N–H and O–H groups in total. The van der Waals surface area contributed by atoms with Crippen LogP contribution in [0.5, 0.6) is 0 Å². The molecule has 0 amide bonds. The Hall–Kier alpha value is -1.46. The lowest BCUT2D eigenvalue weighted by molar-refractivity contribution is -0.0604. The van der Waals surface area contributed by atoms with Crippen LogP contribution in [0.4, 0.5) is 9.52 Å². The minimum absolute atomic E-state index is 0. The van der Waals surface area contributed by atoms with Crippen LogP contribution in [-0.2, 0) is 11.2 Å². The Morgan fingerprint density at radius 1 is 1.26 bits per heavy atom. The van der Waals surface area contributed by atoms with Crippen LogP contribution in [-0.4, -0.2) is 61.7 Å². The average molecular weight is 559 g/mol. The van der Waals surface area contributed by atoms with Gasteiger partial charge in [-0.1, -0.05) is 12.1 Å². The highest BCUT2D eigenvalue weighted by Gasteiger charge is 2.28. The third kappa shape index (κ3) is 6.29. The van der Waals surface area contributed by atoms with E-state index in [1.807, 2.05) is 7.05 Å². The highest BCUT2D eigenvalue weighted by molar-refractivity contribution is 14.0. The second kappa shape index (κ2) is 11.4. The first kappa shape index (κ1) is 24.2. The fraction of sp³-hybridized carbons (Fsp3) is 0.545. The number of guanidine groups is 1. The first-order valence-corrected chi connectivity index (χ1v) is 11.6. The van der Waals surface area contributed by atoms with E-state index >= 15 is 0 Å². The van der Waals surface area contributed by atoms with E-state index in [4.69, 9.17) is 9.72 Å². The number of nitrogens with zero attached hydrogens (tertiary/aromatic N) is 4. The first-order chi connectivity index (χ1) is 14.6. The molecule has 1 aromatic carbocycles. The Morgan fingerprint density at radius 2 is 2.00 bits per heavy atom. The summed E-state index contributed by atoms with van der Waals surface area (Å²) in [7, 11) is 1.81. The van der Waals surface area contributed by atoms with Crippen molar-refractivity contribution in [2.45, 2.75) is 38.4 Å². The zero-order valence-corrected chi connectivity index (χ0v) is 21.2. The number of halogens is 2. The van der Waals surface area contributed by atoms with Gasteiger partial charge in [-0.05, 0) is 37.5 Å². The molecule has 2 unspecified atom stereocenters. The third-order valence-electron chi connectivity index (χ3n) is 5.59. The van der Waals surface area contributed by atoms with Crippen molar-refractivity contribution in [3.63, 3.8) is 0 Å². The van der Waals surface area contributed by atoms with Gasteiger partial charge in [0.15, 0.2) is 11.1 Å². The molecule has 2 fully saturated rings. The summed E-state index contributed by atoms with van der Waals surface area (Å²) in [6.07, 6.45) is 3.36. The van der Waals surface area contributed by atoms with Crippen molar-refractivity contribution in [2.75, 3.05) is 44.7 Å². The van der Waals surface area contributed by atoms with Gasteiger partial charge in [-0.15, -0.1) is 35.3 Å². The number of anilines is 1. The van der Waals surface area contributed by atoms with Crippen LogP contribution in [0.2, 0.25) is 0 Å². The van der Waals surface area contributed by atoms with Gasteiger partial charge in [-0.25, -0.2) is 9.37 Å². The lowest BCUT2D eigenvalue weighted by Gasteiger charge is -2.38. The Bertz CT molecular complexity index is 856. The van der Waals surface area contributed by atoms with Gasteiger partial charge < -0.3 is 19.9 Å². The van der Waals surface area contributed by atoms with Crippen molar-refractivity contribution in [3.05, 3.63) is 46.7 Å². The van der Waals surface area contributed by atoms with Crippen molar-refractivity contribution in [2.24, 2.45) is 4.99 Å². The van der Waals surface area contributed by atoms with E-state index in [9.17, 15) is 4.39 Å². The molecule has 0 saturated carbocycles. The predicted molar refractivity (Wildman–Crippen MR) is 135 cm³/mol. The number of rotatable bonds is 5. The lowest BCUT2D eigenvalue weighted by Crippen LogP contribution is -2.51. The van der Waals surface area contributed by atoms with Crippen molar-refractivity contribution >= 4 is 46.4 Å². The summed E-state index contributed by atoms with van der Waals surface area (Å²) in [5, 5.41) is 6.79. The van der Waals surface area contributed by atoms with E-state index < -0.39 is 0 Å². The molecule has 1 aromatic heterocycles. The summed E-state index contributed by atoms with van der Waals surface area (Å²) in [5.74, 6) is 0.638. The van der Waals surface area contributed by atoms with E-state index in [0.717, 1.165) is 54.9 Å². The zero-order chi connectivity index (χ0) is 20.9. The zero-order valence-electron chi connectivity index (χ0n) is 18.1. The molecule has 0 bridgehead atoms. The molecule has 2 aliphatic rings. The van der Waals surface area contributed by atoms with Crippen LogP contribution in [0.25, 0.3) is 0 Å². The number of thiazole rings is 1. The predicted octanol–water partition coefficient (Wildman–Crippen LogP) is 4.08. The molecule has 2 aromatic rings. The lowest BCUT2D eigenvalue weighted by atomic mass is 10.1. The van der Waals surface area contributed by atoms with Gasteiger partial charge in [-0.2, -0.15) is 0 Å². The molecule has 6 nitrogen and oxygen atoms in total. The van der Waals surface area contributed by atoms with Gasteiger partial charge >= 0.3 is 0 Å². The second-order valence-electron chi connectivity index (χ2n) is 7.93. The summed E-state index contributed by atoms with van der Waals surface area (Å²) in [6.45, 7) is 6.55. The van der Waals surface area contributed by atoms with E-state index in [0.29, 0.717) is 6.54 Å². The van der Waals surface area contributed by atoms with Crippen LogP contribution in [0, 0.1) is 5.82 Å². The number of ether oxygens (including phenoxy) is 1. The topological polar surface area (TPSA) is 53.0 Å². The molecule has 3 heterocycles. The van der Waals surface area contributed by atoms with Crippen molar-refractivity contribution in [1.82, 2.24) is 15.2 Å². The van der Waals surface area contributed by atoms with E-state index in [-0.39, 0.29) is 42.0 Å². The minimum atomic E-state index is -0.230. The summed E-state index contributed by atoms with van der Waals surface area (Å²) in [6, 6.07) is 6.57. The van der Waals surface area contributed by atoms with Crippen LogP contribution >= 0.6 is 35.3 Å². The number of hydrogen-bond acceptors (Lipinski definition) is 5. The molecule has 2 atom stereocenters. The molecule has 0 spiro atoms. The van der Waals surface area contributed by atoms with Gasteiger partial charge in [0, 0.05) is 45.0 Å². The first-order valence-electron chi connectivity index (χ1n) is 10.7. The molecule has 170 valence electrons. The molecule has 9 heteroatoms. The average Bonchev–Trinajstić information content (AvgIpc) is 3.43. The second-order valence-corrected chi connectivity index (χ2v) is 8.77. The quantitative estimate of drug-likeness (QED) is 0.340. The maximum absolute atomic E-state index is 13.3. The van der Waals surface area contributed by atoms with E-state index in [2.05, 4.69) is 32.4 Å². The number of benzene rings is 1. The van der Waals surface area contributed by atoms with Gasteiger partial charge in [-0.3, -0.25) is 4.99 Å². The summed E-state index contributed by atoms with van der Waals surface area (Å²) in [5.41, 5.74) is 2.12. The maximum atomic E-state index is 13.3. The summed E-state index contributed by atoms with van der Waals surface area (Å²) in [4.78, 5) is 13.9. The highest BCUT2D eigenvalue weighted by Crippen LogP contribution is 2.26. The Morgan fingerprint density at radius 3 is 2.71 bits per heavy atom. The van der Waals surface area contributed by atoms with Crippen LogP contribution in [0.3, 0.4) is 0 Å². The highest BCUT2D eigenvalue weighted by atomic mass is 127. The fourth-order valence-corrected chi connectivity index (χ4v) is 5.00. The normalized spacial score (nSPS) is 21.8.